The lowest BCUT2D eigenvalue weighted by atomic mass is 9.84. The van der Waals surface area contributed by atoms with Gasteiger partial charge in [-0.05, 0) is 126 Å². The molecule has 2 aliphatic rings. The summed E-state index contributed by atoms with van der Waals surface area (Å²) in [5.41, 5.74) is 9.13. The summed E-state index contributed by atoms with van der Waals surface area (Å²) in [4.78, 5) is 17.0. The van der Waals surface area contributed by atoms with Gasteiger partial charge >= 0.3 is 0 Å². The predicted octanol–water partition coefficient (Wildman–Crippen LogP) is 6.63. The molecule has 0 saturated carbocycles. The van der Waals surface area contributed by atoms with Gasteiger partial charge in [0.05, 0.1) is 5.69 Å². The molecule has 2 aliphatic heterocycles. The number of hydrogen-bond acceptors (Lipinski definition) is 3. The number of rotatable bonds is 5. The van der Waals surface area contributed by atoms with Gasteiger partial charge in [0.2, 0.25) is 0 Å². The van der Waals surface area contributed by atoms with Crippen LogP contribution in [0.1, 0.15) is 69.1 Å². The molecule has 0 unspecified atom stereocenters. The van der Waals surface area contributed by atoms with Gasteiger partial charge in [0, 0.05) is 46.3 Å². The van der Waals surface area contributed by atoms with Crippen LogP contribution in [-0.2, 0) is 6.42 Å². The van der Waals surface area contributed by atoms with E-state index in [1.165, 1.54) is 90.5 Å². The first kappa shape index (κ1) is 23.7. The molecule has 2 saturated heterocycles. The van der Waals surface area contributed by atoms with Gasteiger partial charge in [0.25, 0.3) is 0 Å². The topological polar surface area (TPSA) is 51.0 Å². The fourth-order valence-corrected chi connectivity index (χ4v) is 6.98. The molecule has 5 heteroatoms. The van der Waals surface area contributed by atoms with Crippen LogP contribution in [0.5, 0.6) is 0 Å². The molecule has 4 aromatic rings. The number of aromatic amines is 2. The van der Waals surface area contributed by atoms with E-state index in [2.05, 4.69) is 76.7 Å². The minimum absolute atomic E-state index is 0.668. The van der Waals surface area contributed by atoms with Crippen molar-refractivity contribution in [3.63, 3.8) is 0 Å². The number of nitrogens with one attached hydrogen (secondary N) is 2. The zero-order valence-corrected chi connectivity index (χ0v) is 22.4. The highest BCUT2D eigenvalue weighted by atomic mass is 15.2. The Balaban J connectivity index is 1.24. The summed E-state index contributed by atoms with van der Waals surface area (Å²) in [6, 6.07) is 10.7. The predicted molar refractivity (Wildman–Crippen MR) is 151 cm³/mol. The molecule has 1 aromatic carbocycles. The molecule has 2 fully saturated rings. The van der Waals surface area contributed by atoms with E-state index in [1.54, 1.807) is 5.56 Å². The summed E-state index contributed by atoms with van der Waals surface area (Å²) in [5, 5.41) is 2.58. The highest BCUT2D eigenvalue weighted by Gasteiger charge is 2.30. The molecular formula is C31H41N5. The second-order valence-corrected chi connectivity index (χ2v) is 11.4. The van der Waals surface area contributed by atoms with Crippen LogP contribution in [0.4, 0.5) is 0 Å². The summed E-state index contributed by atoms with van der Waals surface area (Å²) in [6.07, 6.45) is 10.1. The first-order chi connectivity index (χ1) is 17.5. The van der Waals surface area contributed by atoms with Crippen molar-refractivity contribution in [1.29, 1.82) is 0 Å². The molecule has 5 nitrogen and oxygen atoms in total. The van der Waals surface area contributed by atoms with E-state index in [9.17, 15) is 0 Å². The number of nitrogens with zero attached hydrogens (tertiary/aromatic N) is 3. The maximum absolute atomic E-state index is 4.50. The molecule has 3 aromatic heterocycles. The van der Waals surface area contributed by atoms with Crippen LogP contribution in [0.25, 0.3) is 33.2 Å². The van der Waals surface area contributed by atoms with Crippen molar-refractivity contribution in [2.75, 3.05) is 26.2 Å². The lowest BCUT2D eigenvalue weighted by Gasteiger charge is -2.43. The summed E-state index contributed by atoms with van der Waals surface area (Å²) in [6.45, 7) is 14.3. The molecule has 5 heterocycles. The number of aromatic nitrogens is 3. The molecule has 0 radical (unpaired) electrons. The monoisotopic (exact) mass is 483 g/mol. The SMILES string of the molecule is CCc1c(-c2ccnc3[nH]ccc23)[nH]c2cc(C)c(C3CCN(C4CCN(C(C)C)CC4)CC3)cc12. The molecule has 2 N–H and O–H groups in total. The molecule has 0 bridgehead atoms. The average Bonchev–Trinajstić information content (AvgIpc) is 3.52. The number of hydrogen-bond donors (Lipinski definition) is 2. The Kier molecular flexibility index (Phi) is 6.38. The highest BCUT2D eigenvalue weighted by molar-refractivity contribution is 5.99. The smallest absolute Gasteiger partial charge is 0.137 e. The maximum Gasteiger partial charge on any atom is 0.137 e. The number of fused-ring (bicyclic) bond motifs is 2. The zero-order valence-electron chi connectivity index (χ0n) is 22.4. The van der Waals surface area contributed by atoms with Crippen LogP contribution in [0.2, 0.25) is 0 Å². The molecule has 0 aliphatic carbocycles. The number of pyridine rings is 1. The van der Waals surface area contributed by atoms with Gasteiger partial charge in [0.15, 0.2) is 0 Å². The van der Waals surface area contributed by atoms with E-state index in [1.807, 2.05) is 12.4 Å². The number of aryl methyl sites for hydroxylation is 2. The van der Waals surface area contributed by atoms with Crippen molar-refractivity contribution in [2.45, 2.75) is 77.8 Å². The van der Waals surface area contributed by atoms with Gasteiger partial charge in [-0.25, -0.2) is 4.98 Å². The first-order valence-corrected chi connectivity index (χ1v) is 14.1. The summed E-state index contributed by atoms with van der Waals surface area (Å²) in [7, 11) is 0. The van der Waals surface area contributed by atoms with Crippen LogP contribution in [0.3, 0.4) is 0 Å². The van der Waals surface area contributed by atoms with Crippen LogP contribution in [0.15, 0.2) is 36.7 Å². The Morgan fingerprint density at radius 1 is 1.00 bits per heavy atom. The van der Waals surface area contributed by atoms with E-state index in [0.717, 1.165) is 18.1 Å². The summed E-state index contributed by atoms with van der Waals surface area (Å²) >= 11 is 0. The number of likely N-dealkylation sites (tertiary alicyclic amines) is 2. The number of piperidine rings is 2. The van der Waals surface area contributed by atoms with Gasteiger partial charge in [-0.3, -0.25) is 0 Å². The minimum atomic E-state index is 0.668. The van der Waals surface area contributed by atoms with Crippen molar-refractivity contribution in [2.24, 2.45) is 0 Å². The number of H-pyrrole nitrogens is 2. The fraction of sp³-hybridized carbons (Fsp3) is 0.516. The quantitative estimate of drug-likeness (QED) is 0.335. The van der Waals surface area contributed by atoms with Crippen LogP contribution < -0.4 is 0 Å². The second kappa shape index (κ2) is 9.68. The molecule has 0 atom stereocenters. The van der Waals surface area contributed by atoms with E-state index in [-0.39, 0.29) is 0 Å². The van der Waals surface area contributed by atoms with Crippen molar-refractivity contribution >= 4 is 21.9 Å². The number of benzene rings is 1. The maximum atomic E-state index is 4.50. The Morgan fingerprint density at radius 3 is 2.50 bits per heavy atom. The molecular weight excluding hydrogens is 442 g/mol. The standard InChI is InChI=1S/C31H41N5/c1-5-24-28-19-27(22-8-14-36(15-9-22)23-10-16-35(17-11-23)20(2)3)21(4)18-29(28)34-30(24)25-6-12-32-31-26(25)7-13-33-31/h6-7,12-13,18-20,22-23,34H,5,8-11,14-17H2,1-4H3,(H,32,33). The Morgan fingerprint density at radius 2 is 1.78 bits per heavy atom. The molecule has 190 valence electrons. The first-order valence-electron chi connectivity index (χ1n) is 14.1. The Hall–Kier alpha value is -2.63. The van der Waals surface area contributed by atoms with Gasteiger partial charge in [-0.1, -0.05) is 6.92 Å². The average molecular weight is 484 g/mol. The van der Waals surface area contributed by atoms with Crippen molar-refractivity contribution in [3.8, 4) is 11.3 Å². The van der Waals surface area contributed by atoms with E-state index < -0.39 is 0 Å². The lowest BCUT2D eigenvalue weighted by molar-refractivity contribution is 0.0753. The van der Waals surface area contributed by atoms with Crippen LogP contribution in [0, 0.1) is 6.92 Å². The highest BCUT2D eigenvalue weighted by Crippen LogP contribution is 2.39. The lowest BCUT2D eigenvalue weighted by Crippen LogP contribution is -2.48. The van der Waals surface area contributed by atoms with E-state index in [4.69, 9.17) is 0 Å². The zero-order chi connectivity index (χ0) is 24.8. The van der Waals surface area contributed by atoms with Gasteiger partial charge < -0.3 is 19.8 Å². The Bertz CT molecular complexity index is 1350. The third-order valence-corrected chi connectivity index (χ3v) is 9.09. The third-order valence-electron chi connectivity index (χ3n) is 9.09. The van der Waals surface area contributed by atoms with Crippen LogP contribution >= 0.6 is 0 Å². The largest absolute Gasteiger partial charge is 0.354 e. The second-order valence-electron chi connectivity index (χ2n) is 11.4. The van der Waals surface area contributed by atoms with Gasteiger partial charge in [0.1, 0.15) is 5.65 Å². The van der Waals surface area contributed by atoms with Gasteiger partial charge in [-0.2, -0.15) is 0 Å². The molecule has 6 rings (SSSR count). The van der Waals surface area contributed by atoms with Crippen molar-refractivity contribution in [3.05, 3.63) is 53.3 Å². The van der Waals surface area contributed by atoms with Crippen LogP contribution in [-0.4, -0.2) is 63.0 Å². The molecule has 0 amide bonds. The summed E-state index contributed by atoms with van der Waals surface area (Å²) in [5.74, 6) is 0.668. The normalized spacial score (nSPS) is 19.2. The molecule has 36 heavy (non-hydrogen) atoms. The Labute approximate surface area is 215 Å². The van der Waals surface area contributed by atoms with Crippen molar-refractivity contribution < 1.29 is 0 Å². The summed E-state index contributed by atoms with van der Waals surface area (Å²) < 4.78 is 0. The van der Waals surface area contributed by atoms with E-state index >= 15 is 0 Å². The molecule has 0 spiro atoms. The van der Waals surface area contributed by atoms with Gasteiger partial charge in [-0.15, -0.1) is 0 Å². The third kappa shape index (κ3) is 4.16. The minimum Gasteiger partial charge on any atom is -0.354 e. The fourth-order valence-electron chi connectivity index (χ4n) is 6.98. The van der Waals surface area contributed by atoms with Crippen molar-refractivity contribution in [1.82, 2.24) is 24.8 Å². The van der Waals surface area contributed by atoms with E-state index in [0.29, 0.717) is 12.0 Å².